The summed E-state index contributed by atoms with van der Waals surface area (Å²) in [6.07, 6.45) is 1.81. The third kappa shape index (κ3) is 3.46. The monoisotopic (exact) mass is 276 g/mol. The molecule has 1 N–H and O–H groups in total. The molecule has 0 saturated carbocycles. The molecule has 2 aromatic rings. The van der Waals surface area contributed by atoms with E-state index in [4.69, 9.17) is 16.3 Å². The molecule has 0 aliphatic carbocycles. The Morgan fingerprint density at radius 3 is 2.42 bits per heavy atom. The van der Waals surface area contributed by atoms with Gasteiger partial charge in [-0.05, 0) is 49.7 Å². The second kappa shape index (κ2) is 6.04. The van der Waals surface area contributed by atoms with Gasteiger partial charge in [0.1, 0.15) is 5.75 Å². The fraction of sp³-hybridized carbons (Fsp3) is 0.267. The Labute approximate surface area is 118 Å². The zero-order chi connectivity index (χ0) is 13.8. The molecule has 0 amide bonds. The molecule has 100 valence electrons. The topological polar surface area (TPSA) is 34.1 Å². The fourth-order valence-electron chi connectivity index (χ4n) is 1.87. The highest BCUT2D eigenvalue weighted by molar-refractivity contribution is 6.32. The lowest BCUT2D eigenvalue weighted by Crippen LogP contribution is -2.05. The van der Waals surface area contributed by atoms with Crippen LogP contribution in [0.15, 0.2) is 30.5 Å². The molecule has 0 bridgehead atoms. The number of pyridine rings is 1. The van der Waals surface area contributed by atoms with Gasteiger partial charge in [0, 0.05) is 23.8 Å². The lowest BCUT2D eigenvalue weighted by molar-refractivity contribution is 0.461. The number of nitrogens with one attached hydrogen (secondary N) is 1. The first-order chi connectivity index (χ1) is 9.10. The molecule has 0 unspecified atom stereocenters. The summed E-state index contributed by atoms with van der Waals surface area (Å²) in [5, 5.41) is 3.86. The Kier molecular flexibility index (Phi) is 4.40. The Bertz CT molecular complexity index is 544. The second-order valence-corrected chi connectivity index (χ2v) is 4.89. The van der Waals surface area contributed by atoms with Crippen LogP contribution in [0.2, 0.25) is 5.02 Å². The number of hydrogen-bond donors (Lipinski definition) is 1. The van der Waals surface area contributed by atoms with E-state index in [1.807, 2.05) is 51.4 Å². The third-order valence-electron chi connectivity index (χ3n) is 2.81. The van der Waals surface area contributed by atoms with E-state index < -0.39 is 0 Å². The molecule has 0 radical (unpaired) electrons. The maximum atomic E-state index is 6.13. The molecule has 19 heavy (non-hydrogen) atoms. The van der Waals surface area contributed by atoms with Crippen LogP contribution in [0.3, 0.4) is 0 Å². The molecular formula is C15H17ClN2O. The molecule has 1 aromatic carbocycles. The first-order valence-electron chi connectivity index (χ1n) is 6.14. The summed E-state index contributed by atoms with van der Waals surface area (Å²) in [4.78, 5) is 4.28. The van der Waals surface area contributed by atoms with E-state index in [1.165, 1.54) is 0 Å². The third-order valence-corrected chi connectivity index (χ3v) is 3.41. The van der Waals surface area contributed by atoms with Crippen LogP contribution in [-0.2, 0) is 6.54 Å². The largest absolute Gasteiger partial charge is 0.439 e. The molecular weight excluding hydrogens is 260 g/mol. The van der Waals surface area contributed by atoms with Crippen molar-refractivity contribution >= 4 is 11.6 Å². The van der Waals surface area contributed by atoms with Crippen molar-refractivity contribution in [2.45, 2.75) is 20.4 Å². The zero-order valence-corrected chi connectivity index (χ0v) is 12.1. The van der Waals surface area contributed by atoms with Crippen molar-refractivity contribution < 1.29 is 4.74 Å². The lowest BCUT2D eigenvalue weighted by Gasteiger charge is -2.09. The summed E-state index contributed by atoms with van der Waals surface area (Å²) in [6.45, 7) is 4.73. The number of ether oxygens (including phenoxy) is 1. The van der Waals surface area contributed by atoms with Crippen molar-refractivity contribution in [2.24, 2.45) is 0 Å². The first kappa shape index (κ1) is 13.8. The summed E-state index contributed by atoms with van der Waals surface area (Å²) in [6, 6.07) is 7.69. The average Bonchev–Trinajstić information content (AvgIpc) is 2.38. The highest BCUT2D eigenvalue weighted by Gasteiger charge is 2.05. The Morgan fingerprint density at radius 1 is 1.21 bits per heavy atom. The van der Waals surface area contributed by atoms with Gasteiger partial charge in [0.05, 0.1) is 0 Å². The van der Waals surface area contributed by atoms with E-state index in [2.05, 4.69) is 10.3 Å². The lowest BCUT2D eigenvalue weighted by atomic mass is 10.1. The molecule has 0 aliphatic rings. The van der Waals surface area contributed by atoms with Gasteiger partial charge in [-0.2, -0.15) is 0 Å². The number of rotatable bonds is 4. The van der Waals surface area contributed by atoms with Gasteiger partial charge in [0.2, 0.25) is 5.88 Å². The molecule has 3 nitrogen and oxygen atoms in total. The predicted octanol–water partition coefficient (Wildman–Crippen LogP) is 3.86. The predicted molar refractivity (Wildman–Crippen MR) is 78.0 cm³/mol. The van der Waals surface area contributed by atoms with E-state index in [0.717, 1.165) is 34.0 Å². The molecule has 0 fully saturated rings. The van der Waals surface area contributed by atoms with Crippen LogP contribution in [0.1, 0.15) is 16.7 Å². The van der Waals surface area contributed by atoms with Crippen molar-refractivity contribution in [3.63, 3.8) is 0 Å². The standard InChI is InChI=1S/C15H17ClN2O/c1-10-6-13(7-11(2)15(10)16)19-14-5-4-12(8-17-3)9-18-14/h4-7,9,17H,8H2,1-3H3. The average molecular weight is 277 g/mol. The van der Waals surface area contributed by atoms with Crippen LogP contribution in [-0.4, -0.2) is 12.0 Å². The summed E-state index contributed by atoms with van der Waals surface area (Å²) < 4.78 is 5.74. The zero-order valence-electron chi connectivity index (χ0n) is 11.3. The molecule has 1 aromatic heterocycles. The normalized spacial score (nSPS) is 10.5. The van der Waals surface area contributed by atoms with Gasteiger partial charge in [-0.25, -0.2) is 4.98 Å². The quantitative estimate of drug-likeness (QED) is 0.921. The molecule has 0 aliphatic heterocycles. The highest BCUT2D eigenvalue weighted by Crippen LogP contribution is 2.28. The van der Waals surface area contributed by atoms with Crippen LogP contribution < -0.4 is 10.1 Å². The number of nitrogens with zero attached hydrogens (tertiary/aromatic N) is 1. The number of aromatic nitrogens is 1. The van der Waals surface area contributed by atoms with Gasteiger partial charge >= 0.3 is 0 Å². The summed E-state index contributed by atoms with van der Waals surface area (Å²) >= 11 is 6.13. The maximum absolute atomic E-state index is 6.13. The van der Waals surface area contributed by atoms with Crippen molar-refractivity contribution in [3.05, 3.63) is 52.2 Å². The smallest absolute Gasteiger partial charge is 0.219 e. The minimum Gasteiger partial charge on any atom is -0.439 e. The number of halogens is 1. The molecule has 2 rings (SSSR count). The summed E-state index contributed by atoms with van der Waals surface area (Å²) in [7, 11) is 1.91. The number of aryl methyl sites for hydroxylation is 2. The van der Waals surface area contributed by atoms with Crippen LogP contribution in [0.25, 0.3) is 0 Å². The summed E-state index contributed by atoms with van der Waals surface area (Å²) in [5.74, 6) is 1.34. The van der Waals surface area contributed by atoms with Gasteiger partial charge in [-0.1, -0.05) is 17.7 Å². The maximum Gasteiger partial charge on any atom is 0.219 e. The van der Waals surface area contributed by atoms with Crippen LogP contribution in [0.4, 0.5) is 0 Å². The molecule has 1 heterocycles. The van der Waals surface area contributed by atoms with E-state index in [-0.39, 0.29) is 0 Å². The molecule has 4 heteroatoms. The summed E-state index contributed by atoms with van der Waals surface area (Å²) in [5.41, 5.74) is 3.13. The Balaban J connectivity index is 2.17. The first-order valence-corrected chi connectivity index (χ1v) is 6.52. The minimum atomic E-state index is 0.584. The van der Waals surface area contributed by atoms with Crippen LogP contribution in [0.5, 0.6) is 11.6 Å². The minimum absolute atomic E-state index is 0.584. The van der Waals surface area contributed by atoms with Crippen molar-refractivity contribution in [1.82, 2.24) is 10.3 Å². The van der Waals surface area contributed by atoms with Crippen molar-refractivity contribution in [1.29, 1.82) is 0 Å². The Morgan fingerprint density at radius 2 is 1.89 bits per heavy atom. The second-order valence-electron chi connectivity index (χ2n) is 4.51. The van der Waals surface area contributed by atoms with Crippen LogP contribution in [0, 0.1) is 13.8 Å². The van der Waals surface area contributed by atoms with Gasteiger partial charge in [0.25, 0.3) is 0 Å². The van der Waals surface area contributed by atoms with Gasteiger partial charge in [0.15, 0.2) is 0 Å². The van der Waals surface area contributed by atoms with Crippen molar-refractivity contribution in [2.75, 3.05) is 7.05 Å². The molecule has 0 atom stereocenters. The molecule has 0 spiro atoms. The van der Waals surface area contributed by atoms with E-state index in [1.54, 1.807) is 0 Å². The van der Waals surface area contributed by atoms with Gasteiger partial charge in [-0.3, -0.25) is 0 Å². The molecule has 0 saturated heterocycles. The van der Waals surface area contributed by atoms with E-state index in [0.29, 0.717) is 5.88 Å². The van der Waals surface area contributed by atoms with Crippen LogP contribution >= 0.6 is 11.6 Å². The number of hydrogen-bond acceptors (Lipinski definition) is 3. The van der Waals surface area contributed by atoms with Crippen molar-refractivity contribution in [3.8, 4) is 11.6 Å². The number of benzene rings is 1. The SMILES string of the molecule is CNCc1ccc(Oc2cc(C)c(Cl)c(C)c2)nc1. The van der Waals surface area contributed by atoms with Gasteiger partial charge in [-0.15, -0.1) is 0 Å². The Hall–Kier alpha value is -1.58. The highest BCUT2D eigenvalue weighted by atomic mass is 35.5. The fourth-order valence-corrected chi connectivity index (χ4v) is 1.97. The van der Waals surface area contributed by atoms with E-state index >= 15 is 0 Å². The van der Waals surface area contributed by atoms with E-state index in [9.17, 15) is 0 Å². The van der Waals surface area contributed by atoms with Gasteiger partial charge < -0.3 is 10.1 Å².